The van der Waals surface area contributed by atoms with Crippen LogP contribution in [0.5, 0.6) is 0 Å². The molecule has 0 saturated carbocycles. The van der Waals surface area contributed by atoms with Gasteiger partial charge in [0.2, 0.25) is 0 Å². The second kappa shape index (κ2) is 12.6. The SMILES string of the molecule is C=CCN(Cc1nc2scc(-c3ccccc3)c2c(=O)n1CC#N)Cc1nc2scc(-c3ccccc3)c2c(=O)n1CC#N. The summed E-state index contributed by atoms with van der Waals surface area (Å²) in [5, 5.41) is 24.0. The van der Waals surface area contributed by atoms with Crippen molar-refractivity contribution in [3.63, 3.8) is 0 Å². The van der Waals surface area contributed by atoms with Crippen LogP contribution in [-0.4, -0.2) is 30.5 Å². The number of aromatic nitrogens is 4. The van der Waals surface area contributed by atoms with E-state index in [1.165, 1.54) is 31.8 Å². The van der Waals surface area contributed by atoms with E-state index in [9.17, 15) is 20.1 Å². The second-order valence-corrected chi connectivity index (χ2v) is 11.7. The predicted molar refractivity (Wildman–Crippen MR) is 174 cm³/mol. The smallest absolute Gasteiger partial charge is 0.263 e. The minimum Gasteiger partial charge on any atom is -0.285 e. The molecule has 9 nitrogen and oxygen atoms in total. The van der Waals surface area contributed by atoms with Crippen LogP contribution in [0, 0.1) is 22.7 Å². The van der Waals surface area contributed by atoms with Crippen molar-refractivity contribution in [1.29, 1.82) is 10.5 Å². The van der Waals surface area contributed by atoms with E-state index in [0.29, 0.717) is 38.6 Å². The van der Waals surface area contributed by atoms with Gasteiger partial charge in [-0.15, -0.1) is 29.3 Å². The first-order valence-corrected chi connectivity index (χ1v) is 15.5. The molecular formula is C33H25N7O2S2. The average Bonchev–Trinajstić information content (AvgIpc) is 3.67. The van der Waals surface area contributed by atoms with Gasteiger partial charge in [0.25, 0.3) is 11.1 Å². The lowest BCUT2D eigenvalue weighted by Gasteiger charge is -2.22. The molecule has 2 aromatic carbocycles. The summed E-state index contributed by atoms with van der Waals surface area (Å²) in [6.45, 7) is 4.34. The summed E-state index contributed by atoms with van der Waals surface area (Å²) < 4.78 is 2.81. The summed E-state index contributed by atoms with van der Waals surface area (Å²) in [6, 6.07) is 23.5. The lowest BCUT2D eigenvalue weighted by molar-refractivity contribution is 0.262. The van der Waals surface area contributed by atoms with E-state index < -0.39 is 0 Å². The molecule has 6 rings (SSSR count). The normalized spacial score (nSPS) is 11.2. The van der Waals surface area contributed by atoms with Gasteiger partial charge in [0.15, 0.2) is 0 Å². The highest BCUT2D eigenvalue weighted by Crippen LogP contribution is 2.32. The maximum atomic E-state index is 13.8. The van der Waals surface area contributed by atoms with E-state index in [1.54, 1.807) is 6.08 Å². The molecule has 0 spiro atoms. The summed E-state index contributed by atoms with van der Waals surface area (Å²) in [5.74, 6) is 0.843. The molecule has 0 atom stereocenters. The monoisotopic (exact) mass is 615 g/mol. The Bertz CT molecular complexity index is 2050. The highest BCUT2D eigenvalue weighted by Gasteiger charge is 2.22. The summed E-state index contributed by atoms with van der Waals surface area (Å²) in [4.78, 5) is 40.4. The fraction of sp³-hybridized carbons (Fsp3) is 0.152. The van der Waals surface area contributed by atoms with Crippen LogP contribution in [0.1, 0.15) is 11.6 Å². The molecule has 0 radical (unpaired) electrons. The molecule has 11 heteroatoms. The third-order valence-corrected chi connectivity index (χ3v) is 9.03. The number of fused-ring (bicyclic) bond motifs is 2. The van der Waals surface area contributed by atoms with Gasteiger partial charge in [0.05, 0.1) is 36.0 Å². The zero-order valence-electron chi connectivity index (χ0n) is 23.5. The molecule has 0 aliphatic rings. The number of hydrogen-bond acceptors (Lipinski definition) is 9. The number of benzene rings is 2. The van der Waals surface area contributed by atoms with Gasteiger partial charge in [0.1, 0.15) is 34.4 Å². The maximum absolute atomic E-state index is 13.8. The topological polar surface area (TPSA) is 121 Å². The minimum absolute atomic E-state index is 0.163. The number of nitriles is 2. The first-order valence-electron chi connectivity index (χ1n) is 13.7. The quantitative estimate of drug-likeness (QED) is 0.179. The van der Waals surface area contributed by atoms with Gasteiger partial charge in [-0.2, -0.15) is 10.5 Å². The Morgan fingerprint density at radius 3 is 1.57 bits per heavy atom. The molecule has 0 aliphatic carbocycles. The molecule has 216 valence electrons. The van der Waals surface area contributed by atoms with E-state index >= 15 is 0 Å². The highest BCUT2D eigenvalue weighted by atomic mass is 32.1. The Balaban J connectivity index is 1.41. The lowest BCUT2D eigenvalue weighted by Crippen LogP contribution is -2.33. The Kier molecular flexibility index (Phi) is 8.26. The molecule has 44 heavy (non-hydrogen) atoms. The first kappa shape index (κ1) is 28.9. The van der Waals surface area contributed by atoms with Crippen molar-refractivity contribution in [3.05, 3.63) is 116 Å². The minimum atomic E-state index is -0.279. The van der Waals surface area contributed by atoms with Gasteiger partial charge in [-0.05, 0) is 11.1 Å². The Morgan fingerprint density at radius 2 is 1.18 bits per heavy atom. The van der Waals surface area contributed by atoms with Crippen molar-refractivity contribution in [3.8, 4) is 34.4 Å². The summed E-state index contributed by atoms with van der Waals surface area (Å²) in [7, 11) is 0. The van der Waals surface area contributed by atoms with Gasteiger partial charge in [-0.25, -0.2) is 9.97 Å². The number of hydrogen-bond donors (Lipinski definition) is 0. The molecule has 4 aromatic heterocycles. The largest absolute Gasteiger partial charge is 0.285 e. The Labute approximate surface area is 260 Å². The summed E-state index contributed by atoms with van der Waals surface area (Å²) in [5.41, 5.74) is 2.82. The van der Waals surface area contributed by atoms with Crippen LogP contribution in [0.4, 0.5) is 0 Å². The molecule has 0 N–H and O–H groups in total. The van der Waals surface area contributed by atoms with Crippen molar-refractivity contribution < 1.29 is 0 Å². The fourth-order valence-corrected chi connectivity index (χ4v) is 7.18. The van der Waals surface area contributed by atoms with Crippen LogP contribution in [0.3, 0.4) is 0 Å². The third kappa shape index (κ3) is 5.36. The highest BCUT2D eigenvalue weighted by molar-refractivity contribution is 7.17. The maximum Gasteiger partial charge on any atom is 0.263 e. The van der Waals surface area contributed by atoms with Crippen LogP contribution in [0.25, 0.3) is 42.7 Å². The van der Waals surface area contributed by atoms with Crippen LogP contribution >= 0.6 is 22.7 Å². The molecule has 0 aliphatic heterocycles. The standard InChI is InChI=1S/C33H25N7O2S2/c1-2-15-38(18-26-36-30-28(32(41)39(26)16-13-34)24(20-43-30)22-9-5-3-6-10-22)19-27-37-31-29(33(42)40(27)17-14-35)25(21-44-31)23-11-7-4-8-12-23/h2-12,20-21H,1,15-19H2. The van der Waals surface area contributed by atoms with Gasteiger partial charge in [-0.1, -0.05) is 66.7 Å². The van der Waals surface area contributed by atoms with Crippen LogP contribution in [0.15, 0.2) is 93.7 Å². The van der Waals surface area contributed by atoms with Crippen LogP contribution < -0.4 is 11.1 Å². The fourth-order valence-electron chi connectivity index (χ4n) is 5.27. The van der Waals surface area contributed by atoms with E-state index in [-0.39, 0.29) is 37.3 Å². The van der Waals surface area contributed by atoms with E-state index in [1.807, 2.05) is 76.3 Å². The van der Waals surface area contributed by atoms with Gasteiger partial charge >= 0.3 is 0 Å². The second-order valence-electron chi connectivity index (χ2n) is 10.0. The van der Waals surface area contributed by atoms with Crippen LogP contribution in [0.2, 0.25) is 0 Å². The van der Waals surface area contributed by atoms with Crippen molar-refractivity contribution in [1.82, 2.24) is 24.0 Å². The molecule has 0 fully saturated rings. The van der Waals surface area contributed by atoms with Crippen molar-refractivity contribution in [2.45, 2.75) is 26.2 Å². The average molecular weight is 616 g/mol. The Hall–Kier alpha value is -5.20. The molecule has 0 unspecified atom stereocenters. The van der Waals surface area contributed by atoms with Crippen molar-refractivity contribution in [2.24, 2.45) is 0 Å². The number of rotatable bonds is 10. The van der Waals surface area contributed by atoms with Crippen molar-refractivity contribution >= 4 is 43.1 Å². The Morgan fingerprint density at radius 1 is 0.750 bits per heavy atom. The first-order chi connectivity index (χ1) is 21.5. The van der Waals surface area contributed by atoms with E-state index in [4.69, 9.17) is 9.97 Å². The lowest BCUT2D eigenvalue weighted by atomic mass is 10.1. The van der Waals surface area contributed by atoms with E-state index in [2.05, 4.69) is 18.7 Å². The zero-order valence-corrected chi connectivity index (χ0v) is 25.1. The molecule has 0 bridgehead atoms. The van der Waals surface area contributed by atoms with Crippen LogP contribution in [-0.2, 0) is 26.2 Å². The summed E-state index contributed by atoms with van der Waals surface area (Å²) >= 11 is 2.77. The molecule has 4 heterocycles. The van der Waals surface area contributed by atoms with Gasteiger partial charge < -0.3 is 0 Å². The molecule has 0 amide bonds. The van der Waals surface area contributed by atoms with E-state index in [0.717, 1.165) is 22.3 Å². The van der Waals surface area contributed by atoms with Gasteiger partial charge in [0, 0.05) is 28.4 Å². The predicted octanol–water partition coefficient (Wildman–Crippen LogP) is 5.80. The molecule has 0 saturated heterocycles. The number of nitrogens with zero attached hydrogens (tertiary/aromatic N) is 7. The molecular weight excluding hydrogens is 591 g/mol. The summed E-state index contributed by atoms with van der Waals surface area (Å²) in [6.07, 6.45) is 1.72. The van der Waals surface area contributed by atoms with Gasteiger partial charge in [-0.3, -0.25) is 23.6 Å². The third-order valence-electron chi connectivity index (χ3n) is 7.29. The zero-order chi connectivity index (χ0) is 30.6. The van der Waals surface area contributed by atoms with Crippen molar-refractivity contribution in [2.75, 3.05) is 6.54 Å². The number of thiophene rings is 2. The molecule has 6 aromatic rings.